The zero-order chi connectivity index (χ0) is 18.8. The number of ether oxygens (including phenoxy) is 6. The topological polar surface area (TPSA) is 133 Å². The lowest BCUT2D eigenvalue weighted by Crippen LogP contribution is -2.43. The van der Waals surface area contributed by atoms with Gasteiger partial charge in [-0.1, -0.05) is 12.1 Å². The van der Waals surface area contributed by atoms with Crippen LogP contribution < -0.4 is 10.5 Å². The van der Waals surface area contributed by atoms with Gasteiger partial charge in [-0.2, -0.15) is 0 Å². The number of carbonyl (C=O) groups excluding carboxylic acids is 3. The summed E-state index contributed by atoms with van der Waals surface area (Å²) < 4.78 is 27.5. The Labute approximate surface area is 143 Å². The first-order chi connectivity index (χ1) is 11.9. The standard InChI is InChI=1S/C15H19NO9/c1-20-13(17)23-10-6-4-9(5-7-10)8-11(16)12(24-14(18)21-2)25-15(19)22-3/h4-7,11-12H,8,16H2,1-3H3/t11-/m0/s1. The summed E-state index contributed by atoms with van der Waals surface area (Å²) in [5, 5.41) is 0. The number of carbonyl (C=O) groups is 3. The quantitative estimate of drug-likeness (QED) is 0.346. The van der Waals surface area contributed by atoms with Gasteiger partial charge in [0.2, 0.25) is 0 Å². The van der Waals surface area contributed by atoms with Gasteiger partial charge in [0.25, 0.3) is 6.29 Å². The average Bonchev–Trinajstić information content (AvgIpc) is 2.62. The van der Waals surface area contributed by atoms with E-state index in [1.807, 2.05) is 0 Å². The molecule has 0 fully saturated rings. The maximum Gasteiger partial charge on any atom is 0.513 e. The van der Waals surface area contributed by atoms with Crippen molar-refractivity contribution < 1.29 is 42.8 Å². The second-order valence-corrected chi connectivity index (χ2v) is 4.58. The van der Waals surface area contributed by atoms with Crippen molar-refractivity contribution in [2.75, 3.05) is 21.3 Å². The number of rotatable bonds is 6. The largest absolute Gasteiger partial charge is 0.513 e. The zero-order valence-corrected chi connectivity index (χ0v) is 13.9. The molecule has 1 aromatic carbocycles. The van der Waals surface area contributed by atoms with Crippen LogP contribution in [0.3, 0.4) is 0 Å². The lowest BCUT2D eigenvalue weighted by molar-refractivity contribution is -0.109. The van der Waals surface area contributed by atoms with Gasteiger partial charge in [0.1, 0.15) is 5.75 Å². The molecular weight excluding hydrogens is 338 g/mol. The van der Waals surface area contributed by atoms with Crippen LogP contribution in [0.4, 0.5) is 14.4 Å². The lowest BCUT2D eigenvalue weighted by atomic mass is 10.1. The molecular formula is C15H19NO9. The van der Waals surface area contributed by atoms with E-state index in [1.165, 1.54) is 19.2 Å². The van der Waals surface area contributed by atoms with E-state index in [1.54, 1.807) is 12.1 Å². The van der Waals surface area contributed by atoms with E-state index in [4.69, 9.17) is 19.9 Å². The molecule has 2 N–H and O–H groups in total. The molecule has 0 radical (unpaired) electrons. The molecule has 0 aliphatic carbocycles. The fraction of sp³-hybridized carbons (Fsp3) is 0.400. The first kappa shape index (κ1) is 20.0. The molecule has 10 nitrogen and oxygen atoms in total. The van der Waals surface area contributed by atoms with Crippen LogP contribution in [-0.2, 0) is 30.1 Å². The highest BCUT2D eigenvalue weighted by atomic mass is 16.8. The van der Waals surface area contributed by atoms with E-state index in [0.717, 1.165) is 14.2 Å². The van der Waals surface area contributed by atoms with Crippen LogP contribution in [0.1, 0.15) is 5.56 Å². The van der Waals surface area contributed by atoms with E-state index in [2.05, 4.69) is 14.2 Å². The third kappa shape index (κ3) is 6.96. The molecule has 0 bridgehead atoms. The summed E-state index contributed by atoms with van der Waals surface area (Å²) in [6.07, 6.45) is -4.21. The highest BCUT2D eigenvalue weighted by Crippen LogP contribution is 2.15. The highest BCUT2D eigenvalue weighted by Gasteiger charge is 2.27. The van der Waals surface area contributed by atoms with Crippen LogP contribution in [0.25, 0.3) is 0 Å². The smallest absolute Gasteiger partial charge is 0.438 e. The number of hydrogen-bond donors (Lipinski definition) is 1. The molecule has 0 unspecified atom stereocenters. The first-order valence-corrected chi connectivity index (χ1v) is 6.99. The van der Waals surface area contributed by atoms with Crippen molar-refractivity contribution in [2.24, 2.45) is 5.73 Å². The number of methoxy groups -OCH3 is 3. The molecule has 0 aromatic heterocycles. The van der Waals surface area contributed by atoms with Crippen LogP contribution in [0.2, 0.25) is 0 Å². The monoisotopic (exact) mass is 357 g/mol. The van der Waals surface area contributed by atoms with Gasteiger partial charge in [-0.3, -0.25) is 0 Å². The molecule has 1 rings (SSSR count). The number of benzene rings is 1. The van der Waals surface area contributed by atoms with Crippen molar-refractivity contribution >= 4 is 18.5 Å². The first-order valence-electron chi connectivity index (χ1n) is 6.99. The summed E-state index contributed by atoms with van der Waals surface area (Å²) in [5.74, 6) is 0.275. The van der Waals surface area contributed by atoms with Crippen LogP contribution in [0.15, 0.2) is 24.3 Å². The van der Waals surface area contributed by atoms with Gasteiger partial charge >= 0.3 is 18.5 Å². The predicted molar refractivity (Wildman–Crippen MR) is 81.9 cm³/mol. The SMILES string of the molecule is COC(=O)Oc1ccc(C[C@H](N)C(OC(=O)OC)OC(=O)OC)cc1. The molecule has 0 aliphatic heterocycles. The normalized spacial score (nSPS) is 11.2. The zero-order valence-electron chi connectivity index (χ0n) is 13.9. The van der Waals surface area contributed by atoms with Crippen LogP contribution >= 0.6 is 0 Å². The molecule has 0 spiro atoms. The fourth-order valence-electron chi connectivity index (χ4n) is 1.68. The molecule has 0 amide bonds. The minimum atomic E-state index is -1.41. The van der Waals surface area contributed by atoms with Gasteiger partial charge in [0, 0.05) is 0 Å². The molecule has 0 aliphatic rings. The van der Waals surface area contributed by atoms with Crippen LogP contribution in [0, 0.1) is 0 Å². The van der Waals surface area contributed by atoms with Gasteiger partial charge in [0.15, 0.2) is 0 Å². The van der Waals surface area contributed by atoms with E-state index in [0.29, 0.717) is 5.56 Å². The Morgan fingerprint density at radius 1 is 0.880 bits per heavy atom. The third-order valence-corrected chi connectivity index (χ3v) is 2.87. The van der Waals surface area contributed by atoms with Crippen molar-refractivity contribution in [3.05, 3.63) is 29.8 Å². The fourth-order valence-corrected chi connectivity index (χ4v) is 1.68. The van der Waals surface area contributed by atoms with Crippen molar-refractivity contribution in [2.45, 2.75) is 18.8 Å². The van der Waals surface area contributed by atoms with Crippen molar-refractivity contribution in [3.8, 4) is 5.75 Å². The summed E-state index contributed by atoms with van der Waals surface area (Å²) in [6.45, 7) is 0. The molecule has 0 saturated carbocycles. The van der Waals surface area contributed by atoms with E-state index < -0.39 is 30.8 Å². The number of nitrogens with two attached hydrogens (primary N) is 1. The summed E-state index contributed by atoms with van der Waals surface area (Å²) in [4.78, 5) is 33.5. The van der Waals surface area contributed by atoms with Gasteiger partial charge < -0.3 is 34.2 Å². The van der Waals surface area contributed by atoms with Crippen molar-refractivity contribution in [1.82, 2.24) is 0 Å². The average molecular weight is 357 g/mol. The second-order valence-electron chi connectivity index (χ2n) is 4.58. The molecule has 0 heterocycles. The Balaban J connectivity index is 2.73. The Morgan fingerprint density at radius 3 is 1.80 bits per heavy atom. The van der Waals surface area contributed by atoms with Gasteiger partial charge in [-0.15, -0.1) is 0 Å². The Hall–Kier alpha value is -3.01. The summed E-state index contributed by atoms with van der Waals surface area (Å²) >= 11 is 0. The van der Waals surface area contributed by atoms with Gasteiger partial charge in [-0.25, -0.2) is 14.4 Å². The molecule has 25 heavy (non-hydrogen) atoms. The van der Waals surface area contributed by atoms with Crippen LogP contribution in [0.5, 0.6) is 5.75 Å². The Bertz CT molecular complexity index is 569. The third-order valence-electron chi connectivity index (χ3n) is 2.87. The summed E-state index contributed by atoms with van der Waals surface area (Å²) in [7, 11) is 3.39. The summed E-state index contributed by atoms with van der Waals surface area (Å²) in [5.41, 5.74) is 6.63. The Morgan fingerprint density at radius 2 is 1.36 bits per heavy atom. The van der Waals surface area contributed by atoms with Crippen molar-refractivity contribution in [3.63, 3.8) is 0 Å². The minimum Gasteiger partial charge on any atom is -0.438 e. The lowest BCUT2D eigenvalue weighted by Gasteiger charge is -2.22. The van der Waals surface area contributed by atoms with E-state index >= 15 is 0 Å². The maximum absolute atomic E-state index is 11.2. The van der Waals surface area contributed by atoms with E-state index in [-0.39, 0.29) is 12.2 Å². The number of hydrogen-bond acceptors (Lipinski definition) is 10. The van der Waals surface area contributed by atoms with Gasteiger partial charge in [0.05, 0.1) is 27.4 Å². The van der Waals surface area contributed by atoms with Crippen molar-refractivity contribution in [1.29, 1.82) is 0 Å². The maximum atomic E-state index is 11.2. The molecule has 138 valence electrons. The Kier molecular flexibility index (Phi) is 8.00. The molecule has 10 heteroatoms. The van der Waals surface area contributed by atoms with Gasteiger partial charge in [-0.05, 0) is 24.1 Å². The molecule has 0 saturated heterocycles. The van der Waals surface area contributed by atoms with Crippen LogP contribution in [-0.4, -0.2) is 52.1 Å². The summed E-state index contributed by atoms with van der Waals surface area (Å²) in [6, 6.07) is 5.41. The molecule has 1 atom stereocenters. The second kappa shape index (κ2) is 9.98. The molecule has 1 aromatic rings. The predicted octanol–water partition coefficient (Wildman–Crippen LogP) is 1.59. The van der Waals surface area contributed by atoms with E-state index in [9.17, 15) is 14.4 Å². The minimum absolute atomic E-state index is 0.178. The highest BCUT2D eigenvalue weighted by molar-refractivity contribution is 5.63.